The number of sulfonamides is 1. The van der Waals surface area contributed by atoms with Crippen LogP contribution in [0.3, 0.4) is 0 Å². The summed E-state index contributed by atoms with van der Waals surface area (Å²) in [5.74, 6) is 0.203. The average molecular weight is 452 g/mol. The van der Waals surface area contributed by atoms with E-state index >= 15 is 0 Å². The third-order valence-corrected chi connectivity index (χ3v) is 5.69. The summed E-state index contributed by atoms with van der Waals surface area (Å²) in [6.45, 7) is 0.0142. The monoisotopic (exact) mass is 452 g/mol. The summed E-state index contributed by atoms with van der Waals surface area (Å²) >= 11 is 0. The maximum Gasteiger partial charge on any atom is 0.416 e. The molecule has 0 amide bonds. The lowest BCUT2D eigenvalue weighted by Crippen LogP contribution is -2.25. The van der Waals surface area contributed by atoms with Crippen molar-refractivity contribution in [2.75, 3.05) is 18.5 Å². The van der Waals surface area contributed by atoms with E-state index in [4.69, 9.17) is 5.11 Å². The van der Waals surface area contributed by atoms with Crippen LogP contribution < -0.4 is 10.0 Å². The van der Waals surface area contributed by atoms with Gasteiger partial charge in [0.2, 0.25) is 16.0 Å². The Balaban J connectivity index is 1.72. The Morgan fingerprint density at radius 2 is 1.65 bits per heavy atom. The number of anilines is 2. The summed E-state index contributed by atoms with van der Waals surface area (Å²) in [4.78, 5) is 8.44. The van der Waals surface area contributed by atoms with Crippen molar-refractivity contribution >= 4 is 21.7 Å². The third-order valence-electron chi connectivity index (χ3n) is 4.21. The van der Waals surface area contributed by atoms with Crippen LogP contribution in [0.2, 0.25) is 0 Å². The first kappa shape index (κ1) is 22.7. The van der Waals surface area contributed by atoms with Crippen molar-refractivity contribution in [3.05, 3.63) is 66.4 Å². The first-order valence-electron chi connectivity index (χ1n) is 9.17. The summed E-state index contributed by atoms with van der Waals surface area (Å²) in [6, 6.07) is 12.1. The van der Waals surface area contributed by atoms with Gasteiger partial charge in [-0.25, -0.2) is 23.1 Å². The molecule has 0 fully saturated rings. The molecule has 31 heavy (non-hydrogen) atoms. The highest BCUT2D eigenvalue weighted by atomic mass is 32.2. The number of rotatable bonds is 8. The Morgan fingerprint density at radius 1 is 0.968 bits per heavy atom. The molecule has 0 saturated carbocycles. The summed E-state index contributed by atoms with van der Waals surface area (Å²) in [5.41, 5.74) is 0.704. The fraction of sp³-hybridized carbons (Fsp3) is 0.200. The lowest BCUT2D eigenvalue weighted by atomic mass is 10.1. The number of hydrogen-bond acceptors (Lipinski definition) is 6. The van der Waals surface area contributed by atoms with E-state index in [0.717, 1.165) is 12.1 Å². The van der Waals surface area contributed by atoms with Crippen LogP contribution in [0, 0.1) is 0 Å². The third kappa shape index (κ3) is 6.00. The number of aliphatic hydroxyl groups excluding tert-OH is 1. The Kier molecular flexibility index (Phi) is 6.88. The Bertz CT molecular complexity index is 1120. The number of benzene rings is 2. The maximum absolute atomic E-state index is 12.7. The Morgan fingerprint density at radius 3 is 2.26 bits per heavy atom. The fourth-order valence-corrected chi connectivity index (χ4v) is 3.70. The van der Waals surface area contributed by atoms with Crippen molar-refractivity contribution in [3.63, 3.8) is 0 Å². The number of alkyl halides is 3. The van der Waals surface area contributed by atoms with Crippen molar-refractivity contribution in [1.82, 2.24) is 14.7 Å². The van der Waals surface area contributed by atoms with Gasteiger partial charge in [0, 0.05) is 30.6 Å². The number of hydrogen-bond donors (Lipinski definition) is 3. The predicted octanol–water partition coefficient (Wildman–Crippen LogP) is 3.57. The quantitative estimate of drug-likeness (QED) is 0.452. The average Bonchev–Trinajstić information content (AvgIpc) is 2.74. The normalized spacial score (nSPS) is 12.0. The van der Waals surface area contributed by atoms with E-state index in [-0.39, 0.29) is 24.0 Å². The number of halogens is 3. The molecule has 0 radical (unpaired) electrons. The highest BCUT2D eigenvalue weighted by Gasteiger charge is 2.30. The minimum atomic E-state index is -4.41. The molecule has 7 nitrogen and oxygen atoms in total. The molecule has 1 heterocycles. The molecular formula is C20H19F3N4O3S. The fourth-order valence-electron chi connectivity index (χ4n) is 2.63. The molecular weight excluding hydrogens is 433 g/mol. The van der Waals surface area contributed by atoms with Crippen LogP contribution in [0.25, 0.3) is 11.3 Å². The molecule has 0 unspecified atom stereocenters. The second kappa shape index (κ2) is 9.41. The first-order valence-corrected chi connectivity index (χ1v) is 10.7. The Labute approximate surface area is 177 Å². The largest absolute Gasteiger partial charge is 0.416 e. The van der Waals surface area contributed by atoms with E-state index in [1.165, 1.54) is 42.6 Å². The van der Waals surface area contributed by atoms with E-state index in [1.54, 1.807) is 6.07 Å². The second-order valence-electron chi connectivity index (χ2n) is 6.46. The van der Waals surface area contributed by atoms with Crippen LogP contribution in [-0.2, 0) is 16.2 Å². The molecule has 0 aliphatic heterocycles. The molecule has 3 N–H and O–H groups in total. The number of nitrogens with zero attached hydrogens (tertiary/aromatic N) is 2. The zero-order chi connectivity index (χ0) is 22.5. The highest BCUT2D eigenvalue weighted by Crippen LogP contribution is 2.30. The molecule has 11 heteroatoms. The first-order chi connectivity index (χ1) is 14.7. The van der Waals surface area contributed by atoms with Crippen molar-refractivity contribution in [3.8, 4) is 11.3 Å². The predicted molar refractivity (Wildman–Crippen MR) is 109 cm³/mol. The van der Waals surface area contributed by atoms with Gasteiger partial charge in [-0.15, -0.1) is 0 Å². The standard InChI is InChI=1S/C20H19F3N4O3S/c21-20(22,23)15-4-2-14(3-5-15)18-10-12-24-19(27-18)26-16-6-8-17(9-7-16)31(29,30)25-11-1-13-28/h2-10,12,25,28H,1,11,13H2,(H,24,26,27). The lowest BCUT2D eigenvalue weighted by Gasteiger charge is -2.10. The molecule has 3 aromatic rings. The van der Waals surface area contributed by atoms with Crippen LogP contribution in [0.4, 0.5) is 24.8 Å². The SMILES string of the molecule is O=S(=O)(NCCCO)c1ccc(Nc2nccc(-c3ccc(C(F)(F)F)cc3)n2)cc1. The van der Waals surface area contributed by atoms with Crippen LogP contribution in [0.15, 0.2) is 65.7 Å². The van der Waals surface area contributed by atoms with Crippen LogP contribution in [-0.4, -0.2) is 36.6 Å². The van der Waals surface area contributed by atoms with Crippen LogP contribution >= 0.6 is 0 Å². The molecule has 0 aliphatic rings. The van der Waals surface area contributed by atoms with Gasteiger partial charge < -0.3 is 10.4 Å². The second-order valence-corrected chi connectivity index (χ2v) is 8.23. The number of nitrogens with one attached hydrogen (secondary N) is 2. The maximum atomic E-state index is 12.7. The molecule has 1 aromatic heterocycles. The van der Waals surface area contributed by atoms with Gasteiger partial charge in [0.1, 0.15) is 0 Å². The van der Waals surface area contributed by atoms with E-state index in [1.807, 2.05) is 0 Å². The minimum Gasteiger partial charge on any atom is -0.396 e. The molecule has 164 valence electrons. The number of aliphatic hydroxyl groups is 1. The lowest BCUT2D eigenvalue weighted by molar-refractivity contribution is -0.137. The molecule has 0 aliphatic carbocycles. The smallest absolute Gasteiger partial charge is 0.396 e. The van der Waals surface area contributed by atoms with Gasteiger partial charge >= 0.3 is 6.18 Å². The molecule has 0 saturated heterocycles. The highest BCUT2D eigenvalue weighted by molar-refractivity contribution is 7.89. The molecule has 0 spiro atoms. The zero-order valence-electron chi connectivity index (χ0n) is 16.1. The minimum absolute atomic E-state index is 0.0652. The zero-order valence-corrected chi connectivity index (χ0v) is 16.9. The summed E-state index contributed by atoms with van der Waals surface area (Å²) in [5, 5.41) is 11.7. The topological polar surface area (TPSA) is 104 Å². The molecule has 0 bridgehead atoms. The van der Waals surface area contributed by atoms with E-state index < -0.39 is 21.8 Å². The van der Waals surface area contributed by atoms with Gasteiger partial charge in [-0.3, -0.25) is 0 Å². The van der Waals surface area contributed by atoms with Crippen LogP contribution in [0.1, 0.15) is 12.0 Å². The van der Waals surface area contributed by atoms with Crippen molar-refractivity contribution in [2.45, 2.75) is 17.5 Å². The summed E-state index contributed by atoms with van der Waals surface area (Å²) in [7, 11) is -3.68. The van der Waals surface area contributed by atoms with Gasteiger partial charge in [0.15, 0.2) is 0 Å². The van der Waals surface area contributed by atoms with Crippen molar-refractivity contribution < 1.29 is 26.7 Å². The van der Waals surface area contributed by atoms with Gasteiger partial charge in [-0.05, 0) is 48.9 Å². The van der Waals surface area contributed by atoms with Gasteiger partial charge in [0.05, 0.1) is 16.2 Å². The van der Waals surface area contributed by atoms with Crippen molar-refractivity contribution in [2.24, 2.45) is 0 Å². The van der Waals surface area contributed by atoms with Gasteiger partial charge in [-0.1, -0.05) is 12.1 Å². The number of aromatic nitrogens is 2. The van der Waals surface area contributed by atoms with E-state index in [9.17, 15) is 21.6 Å². The van der Waals surface area contributed by atoms with E-state index in [2.05, 4.69) is 20.0 Å². The Hall–Kier alpha value is -3.02. The summed E-state index contributed by atoms with van der Waals surface area (Å²) in [6.07, 6.45) is -2.64. The van der Waals surface area contributed by atoms with Gasteiger partial charge in [-0.2, -0.15) is 13.2 Å². The summed E-state index contributed by atoms with van der Waals surface area (Å²) < 4.78 is 64.9. The van der Waals surface area contributed by atoms with Crippen molar-refractivity contribution in [1.29, 1.82) is 0 Å². The van der Waals surface area contributed by atoms with Crippen LogP contribution in [0.5, 0.6) is 0 Å². The van der Waals surface area contributed by atoms with E-state index in [0.29, 0.717) is 23.4 Å². The van der Waals surface area contributed by atoms with Gasteiger partial charge in [0.25, 0.3) is 0 Å². The molecule has 0 atom stereocenters. The molecule has 2 aromatic carbocycles. The molecule has 3 rings (SSSR count).